The number of carbonyl (C=O) groups excluding carboxylic acids is 1. The van der Waals surface area contributed by atoms with Crippen LogP contribution in [0, 0.1) is 0 Å². The molecular weight excluding hydrogens is 216 g/mol. The molecule has 0 radical (unpaired) electrons. The number of anilines is 1. The fourth-order valence-electron chi connectivity index (χ4n) is 2.33. The van der Waals surface area contributed by atoms with Crippen molar-refractivity contribution in [1.82, 2.24) is 4.98 Å². The Kier molecular flexibility index (Phi) is 3.58. The number of rotatable bonds is 3. The Balaban J connectivity index is 2.32. The van der Waals surface area contributed by atoms with Crippen LogP contribution in [0.1, 0.15) is 24.8 Å². The normalized spacial score (nSPS) is 20.3. The summed E-state index contributed by atoms with van der Waals surface area (Å²) >= 11 is 0. The maximum absolute atomic E-state index is 11.5. The van der Waals surface area contributed by atoms with Crippen molar-refractivity contribution in [3.63, 3.8) is 0 Å². The highest BCUT2D eigenvalue weighted by atomic mass is 16.1. The first kappa shape index (κ1) is 11.9. The highest BCUT2D eigenvalue weighted by Crippen LogP contribution is 2.25. The van der Waals surface area contributed by atoms with Gasteiger partial charge in [0.2, 0.25) is 5.91 Å². The van der Waals surface area contributed by atoms with E-state index in [1.165, 1.54) is 0 Å². The third-order valence-electron chi connectivity index (χ3n) is 3.19. The molecule has 4 N–H and O–H groups in total. The number of amides is 1. The van der Waals surface area contributed by atoms with Crippen LogP contribution in [0.3, 0.4) is 0 Å². The summed E-state index contributed by atoms with van der Waals surface area (Å²) in [6.45, 7) is 1.24. The molecule has 1 unspecified atom stereocenters. The number of nitrogens with two attached hydrogens (primary N) is 2. The van der Waals surface area contributed by atoms with Crippen molar-refractivity contribution in [2.24, 2.45) is 11.5 Å². The van der Waals surface area contributed by atoms with Crippen LogP contribution in [0.2, 0.25) is 0 Å². The molecule has 5 heteroatoms. The average Bonchev–Trinajstić information content (AvgIpc) is 2.38. The summed E-state index contributed by atoms with van der Waals surface area (Å²) in [5, 5.41) is 0. The van der Waals surface area contributed by atoms with E-state index < -0.39 is 0 Å². The molecule has 1 aromatic heterocycles. The van der Waals surface area contributed by atoms with Crippen LogP contribution in [-0.2, 0) is 11.3 Å². The second-order valence-electron chi connectivity index (χ2n) is 4.30. The molecule has 1 saturated heterocycles. The minimum absolute atomic E-state index is 0.246. The zero-order valence-corrected chi connectivity index (χ0v) is 9.80. The number of carbonyl (C=O) groups is 1. The maximum Gasteiger partial charge on any atom is 0.240 e. The van der Waals surface area contributed by atoms with Gasteiger partial charge in [0, 0.05) is 24.8 Å². The standard InChI is InChI=1S/C12H18N4O/c13-8-9-4-3-6-15-12(9)16-7-2-1-5-10(16)11(14)17/h3-4,6,10H,1-2,5,7-8,13H2,(H2,14,17). The monoisotopic (exact) mass is 234 g/mol. The molecule has 1 atom stereocenters. The molecule has 5 nitrogen and oxygen atoms in total. The van der Waals surface area contributed by atoms with Gasteiger partial charge in [0.1, 0.15) is 11.9 Å². The van der Waals surface area contributed by atoms with E-state index in [-0.39, 0.29) is 11.9 Å². The van der Waals surface area contributed by atoms with Gasteiger partial charge in [-0.2, -0.15) is 0 Å². The quantitative estimate of drug-likeness (QED) is 0.792. The lowest BCUT2D eigenvalue weighted by atomic mass is 10.0. The fourth-order valence-corrected chi connectivity index (χ4v) is 2.33. The lowest BCUT2D eigenvalue weighted by molar-refractivity contribution is -0.119. The molecular formula is C12H18N4O. The van der Waals surface area contributed by atoms with Crippen molar-refractivity contribution in [2.75, 3.05) is 11.4 Å². The van der Waals surface area contributed by atoms with E-state index in [0.29, 0.717) is 6.54 Å². The van der Waals surface area contributed by atoms with Gasteiger partial charge in [-0.15, -0.1) is 0 Å². The number of hydrogen-bond donors (Lipinski definition) is 2. The van der Waals surface area contributed by atoms with E-state index in [2.05, 4.69) is 4.98 Å². The number of primary amides is 1. The Bertz CT molecular complexity index is 407. The van der Waals surface area contributed by atoms with E-state index in [4.69, 9.17) is 11.5 Å². The van der Waals surface area contributed by atoms with Gasteiger partial charge in [-0.3, -0.25) is 4.79 Å². The molecule has 0 aromatic carbocycles. The van der Waals surface area contributed by atoms with Gasteiger partial charge in [0.05, 0.1) is 0 Å². The summed E-state index contributed by atoms with van der Waals surface area (Å²) in [5.74, 6) is 0.525. The minimum Gasteiger partial charge on any atom is -0.368 e. The van der Waals surface area contributed by atoms with Crippen molar-refractivity contribution in [2.45, 2.75) is 31.8 Å². The van der Waals surface area contributed by atoms with Crippen molar-refractivity contribution >= 4 is 11.7 Å². The van der Waals surface area contributed by atoms with E-state index in [0.717, 1.165) is 37.2 Å². The van der Waals surface area contributed by atoms with Gasteiger partial charge in [-0.1, -0.05) is 6.07 Å². The summed E-state index contributed by atoms with van der Waals surface area (Å²) in [6.07, 6.45) is 4.62. The largest absolute Gasteiger partial charge is 0.368 e. The Hall–Kier alpha value is -1.62. The molecule has 1 fully saturated rings. The topological polar surface area (TPSA) is 85.2 Å². The van der Waals surface area contributed by atoms with Gasteiger partial charge >= 0.3 is 0 Å². The molecule has 0 spiro atoms. The van der Waals surface area contributed by atoms with Crippen molar-refractivity contribution in [3.8, 4) is 0 Å². The van der Waals surface area contributed by atoms with Gasteiger partial charge in [0.25, 0.3) is 0 Å². The van der Waals surface area contributed by atoms with Crippen LogP contribution in [0.5, 0.6) is 0 Å². The molecule has 17 heavy (non-hydrogen) atoms. The van der Waals surface area contributed by atoms with E-state index in [1.54, 1.807) is 6.20 Å². The van der Waals surface area contributed by atoms with E-state index in [9.17, 15) is 4.79 Å². The predicted octanol–water partition coefficient (Wildman–Crippen LogP) is 0.385. The number of hydrogen-bond acceptors (Lipinski definition) is 4. The third kappa shape index (κ3) is 2.39. The predicted molar refractivity (Wildman–Crippen MR) is 66.3 cm³/mol. The zero-order valence-electron chi connectivity index (χ0n) is 9.80. The lowest BCUT2D eigenvalue weighted by Gasteiger charge is -2.35. The molecule has 0 saturated carbocycles. The minimum atomic E-state index is -0.279. The SMILES string of the molecule is NCc1cccnc1N1CCCCC1C(N)=O. The summed E-state index contributed by atoms with van der Waals surface area (Å²) in [4.78, 5) is 17.8. The number of aromatic nitrogens is 1. The highest BCUT2D eigenvalue weighted by molar-refractivity contribution is 5.83. The van der Waals surface area contributed by atoms with Crippen LogP contribution in [-0.4, -0.2) is 23.5 Å². The van der Waals surface area contributed by atoms with Crippen LogP contribution in [0.4, 0.5) is 5.82 Å². The summed E-state index contributed by atoms with van der Waals surface area (Å²) in [6, 6.07) is 3.55. The zero-order chi connectivity index (χ0) is 12.3. The van der Waals surface area contributed by atoms with Crippen LogP contribution in [0.15, 0.2) is 18.3 Å². The summed E-state index contributed by atoms with van der Waals surface area (Å²) < 4.78 is 0. The van der Waals surface area contributed by atoms with Crippen molar-refractivity contribution < 1.29 is 4.79 Å². The molecule has 0 aliphatic carbocycles. The second-order valence-corrected chi connectivity index (χ2v) is 4.30. The van der Waals surface area contributed by atoms with E-state index >= 15 is 0 Å². The van der Waals surface area contributed by atoms with Crippen molar-refractivity contribution in [3.05, 3.63) is 23.9 Å². The molecule has 2 heterocycles. The third-order valence-corrected chi connectivity index (χ3v) is 3.19. The Morgan fingerprint density at radius 3 is 3.06 bits per heavy atom. The first-order chi connectivity index (χ1) is 8.24. The average molecular weight is 234 g/mol. The first-order valence-electron chi connectivity index (χ1n) is 5.94. The molecule has 1 amide bonds. The van der Waals surface area contributed by atoms with Crippen LogP contribution in [0.25, 0.3) is 0 Å². The molecule has 1 aromatic rings. The Morgan fingerprint density at radius 2 is 2.35 bits per heavy atom. The van der Waals surface area contributed by atoms with Crippen molar-refractivity contribution in [1.29, 1.82) is 0 Å². The molecule has 2 rings (SSSR count). The summed E-state index contributed by atoms with van der Waals surface area (Å²) in [7, 11) is 0. The maximum atomic E-state index is 11.5. The molecule has 92 valence electrons. The lowest BCUT2D eigenvalue weighted by Crippen LogP contribution is -2.48. The van der Waals surface area contributed by atoms with Gasteiger partial charge < -0.3 is 16.4 Å². The Morgan fingerprint density at radius 1 is 1.53 bits per heavy atom. The Labute approximate surface area is 101 Å². The van der Waals surface area contributed by atoms with E-state index in [1.807, 2.05) is 17.0 Å². The summed E-state index contributed by atoms with van der Waals surface area (Å²) in [5.41, 5.74) is 12.1. The fraction of sp³-hybridized carbons (Fsp3) is 0.500. The smallest absolute Gasteiger partial charge is 0.240 e. The van der Waals surface area contributed by atoms with Crippen LogP contribution < -0.4 is 16.4 Å². The highest BCUT2D eigenvalue weighted by Gasteiger charge is 2.28. The number of nitrogens with zero attached hydrogens (tertiary/aromatic N) is 2. The van der Waals surface area contributed by atoms with Gasteiger partial charge in [0.15, 0.2) is 0 Å². The first-order valence-corrected chi connectivity index (χ1v) is 5.94. The van der Waals surface area contributed by atoms with Gasteiger partial charge in [-0.05, 0) is 25.3 Å². The number of pyridine rings is 1. The molecule has 1 aliphatic heterocycles. The molecule has 0 bridgehead atoms. The second kappa shape index (κ2) is 5.14. The molecule has 1 aliphatic rings. The van der Waals surface area contributed by atoms with Crippen LogP contribution >= 0.6 is 0 Å². The van der Waals surface area contributed by atoms with Gasteiger partial charge in [-0.25, -0.2) is 4.98 Å². The number of piperidine rings is 1.